The standard InChI is InChI=1S/C11H19F2N3/c1-4-9(14)5-10-7(2)15-16(8(10)3)6-11(12)13/h9,11H,4-6,14H2,1-3H3. The maximum absolute atomic E-state index is 12.3. The van der Waals surface area contributed by atoms with Crippen LogP contribution in [0.1, 0.15) is 30.3 Å². The maximum Gasteiger partial charge on any atom is 0.257 e. The molecule has 0 saturated carbocycles. The van der Waals surface area contributed by atoms with Crippen molar-refractivity contribution < 1.29 is 8.78 Å². The summed E-state index contributed by atoms with van der Waals surface area (Å²) in [5.74, 6) is 0. The van der Waals surface area contributed by atoms with E-state index in [1.54, 1.807) is 0 Å². The average Bonchev–Trinajstić information content (AvgIpc) is 2.45. The molecular weight excluding hydrogens is 212 g/mol. The van der Waals surface area contributed by atoms with Gasteiger partial charge in [0.25, 0.3) is 6.43 Å². The van der Waals surface area contributed by atoms with Crippen molar-refractivity contribution in [1.82, 2.24) is 9.78 Å². The fourth-order valence-electron chi connectivity index (χ4n) is 1.74. The van der Waals surface area contributed by atoms with E-state index in [1.165, 1.54) is 4.68 Å². The summed E-state index contributed by atoms with van der Waals surface area (Å²) >= 11 is 0. The summed E-state index contributed by atoms with van der Waals surface area (Å²) in [4.78, 5) is 0. The van der Waals surface area contributed by atoms with Gasteiger partial charge in [-0.05, 0) is 32.3 Å². The number of alkyl halides is 2. The zero-order chi connectivity index (χ0) is 12.3. The van der Waals surface area contributed by atoms with E-state index in [-0.39, 0.29) is 12.6 Å². The summed E-state index contributed by atoms with van der Waals surface area (Å²) in [6, 6.07) is 0.0709. The summed E-state index contributed by atoms with van der Waals surface area (Å²) in [6.07, 6.45) is -0.790. The van der Waals surface area contributed by atoms with E-state index in [1.807, 2.05) is 20.8 Å². The van der Waals surface area contributed by atoms with Crippen LogP contribution in [0, 0.1) is 13.8 Å². The van der Waals surface area contributed by atoms with Gasteiger partial charge >= 0.3 is 0 Å². The largest absolute Gasteiger partial charge is 0.327 e. The second-order valence-electron chi connectivity index (χ2n) is 4.10. The highest BCUT2D eigenvalue weighted by Gasteiger charge is 2.15. The topological polar surface area (TPSA) is 43.8 Å². The first-order valence-corrected chi connectivity index (χ1v) is 5.52. The smallest absolute Gasteiger partial charge is 0.257 e. The van der Waals surface area contributed by atoms with Gasteiger partial charge in [0.15, 0.2) is 0 Å². The lowest BCUT2D eigenvalue weighted by atomic mass is 10.0. The summed E-state index contributed by atoms with van der Waals surface area (Å²) in [5.41, 5.74) is 8.49. The Morgan fingerprint density at radius 2 is 2.00 bits per heavy atom. The molecule has 1 unspecified atom stereocenters. The third kappa shape index (κ3) is 3.01. The van der Waals surface area contributed by atoms with E-state index >= 15 is 0 Å². The van der Waals surface area contributed by atoms with Crippen LogP contribution >= 0.6 is 0 Å². The number of nitrogens with two attached hydrogens (primary N) is 1. The highest BCUT2D eigenvalue weighted by molar-refractivity contribution is 5.25. The predicted molar refractivity (Wildman–Crippen MR) is 59.7 cm³/mol. The summed E-state index contributed by atoms with van der Waals surface area (Å²) < 4.78 is 25.9. The van der Waals surface area contributed by atoms with Gasteiger partial charge in [-0.3, -0.25) is 4.68 Å². The highest BCUT2D eigenvalue weighted by Crippen LogP contribution is 2.16. The van der Waals surface area contributed by atoms with E-state index in [0.29, 0.717) is 6.42 Å². The van der Waals surface area contributed by atoms with Gasteiger partial charge in [0, 0.05) is 11.7 Å². The molecule has 0 bridgehead atoms. The molecule has 16 heavy (non-hydrogen) atoms. The first kappa shape index (κ1) is 13.1. The Labute approximate surface area is 94.6 Å². The lowest BCUT2D eigenvalue weighted by molar-refractivity contribution is 0.121. The molecular formula is C11H19F2N3. The molecule has 1 aromatic rings. The van der Waals surface area contributed by atoms with Crippen LogP contribution in [0.15, 0.2) is 0 Å². The van der Waals surface area contributed by atoms with Crippen molar-refractivity contribution >= 4 is 0 Å². The molecule has 1 aromatic heterocycles. The van der Waals surface area contributed by atoms with Crippen LogP contribution in [0.2, 0.25) is 0 Å². The molecule has 1 atom stereocenters. The minimum Gasteiger partial charge on any atom is -0.327 e. The van der Waals surface area contributed by atoms with Gasteiger partial charge in [-0.1, -0.05) is 6.92 Å². The molecule has 0 aliphatic carbocycles. The third-order valence-electron chi connectivity index (χ3n) is 2.83. The lowest BCUT2D eigenvalue weighted by Gasteiger charge is -2.09. The molecule has 2 N–H and O–H groups in total. The Balaban J connectivity index is 2.88. The molecule has 0 radical (unpaired) electrons. The minimum atomic E-state index is -2.37. The van der Waals surface area contributed by atoms with Crippen LogP contribution in [0.5, 0.6) is 0 Å². The molecule has 0 aliphatic rings. The monoisotopic (exact) mass is 231 g/mol. The van der Waals surface area contributed by atoms with Gasteiger partial charge in [-0.2, -0.15) is 5.10 Å². The van der Waals surface area contributed by atoms with Crippen LogP contribution < -0.4 is 5.73 Å². The Morgan fingerprint density at radius 1 is 1.38 bits per heavy atom. The molecule has 3 nitrogen and oxygen atoms in total. The first-order valence-electron chi connectivity index (χ1n) is 5.52. The van der Waals surface area contributed by atoms with Gasteiger partial charge in [0.1, 0.15) is 6.54 Å². The summed E-state index contributed by atoms with van der Waals surface area (Å²) in [6.45, 7) is 5.33. The summed E-state index contributed by atoms with van der Waals surface area (Å²) in [7, 11) is 0. The first-order chi connectivity index (χ1) is 7.45. The zero-order valence-electron chi connectivity index (χ0n) is 10.0. The average molecular weight is 231 g/mol. The number of hydrogen-bond donors (Lipinski definition) is 1. The molecule has 0 fully saturated rings. The van der Waals surface area contributed by atoms with Crippen LogP contribution in [-0.4, -0.2) is 22.2 Å². The molecule has 92 valence electrons. The van der Waals surface area contributed by atoms with E-state index in [4.69, 9.17) is 5.73 Å². The fourth-order valence-corrected chi connectivity index (χ4v) is 1.74. The number of halogens is 2. The zero-order valence-corrected chi connectivity index (χ0v) is 10.0. The van der Waals surface area contributed by atoms with Crippen molar-refractivity contribution in [3.63, 3.8) is 0 Å². The minimum absolute atomic E-state index is 0.0709. The Bertz CT molecular complexity index is 347. The number of nitrogens with zero attached hydrogens (tertiary/aromatic N) is 2. The van der Waals surface area contributed by atoms with Crippen LogP contribution in [0.4, 0.5) is 8.78 Å². The molecule has 0 aromatic carbocycles. The van der Waals surface area contributed by atoms with Gasteiger partial charge in [-0.25, -0.2) is 8.78 Å². The van der Waals surface area contributed by atoms with Crippen LogP contribution in [0.25, 0.3) is 0 Å². The molecule has 1 heterocycles. The molecule has 1 rings (SSSR count). The Morgan fingerprint density at radius 3 is 2.50 bits per heavy atom. The maximum atomic E-state index is 12.3. The predicted octanol–water partition coefficient (Wildman–Crippen LogP) is 2.04. The fraction of sp³-hybridized carbons (Fsp3) is 0.727. The van der Waals surface area contributed by atoms with Crippen LogP contribution in [0.3, 0.4) is 0 Å². The number of hydrogen-bond acceptors (Lipinski definition) is 2. The molecule has 0 saturated heterocycles. The van der Waals surface area contributed by atoms with Crippen molar-refractivity contribution in [3.05, 3.63) is 17.0 Å². The molecule has 5 heteroatoms. The number of aromatic nitrogens is 2. The molecule has 0 amide bonds. The number of aryl methyl sites for hydroxylation is 1. The van der Waals surface area contributed by atoms with Crippen molar-refractivity contribution in [2.45, 2.75) is 52.6 Å². The van der Waals surface area contributed by atoms with E-state index in [0.717, 1.165) is 23.4 Å². The second kappa shape index (κ2) is 5.39. The summed E-state index contributed by atoms with van der Waals surface area (Å²) in [5, 5.41) is 4.12. The van der Waals surface area contributed by atoms with E-state index in [9.17, 15) is 8.78 Å². The van der Waals surface area contributed by atoms with Gasteiger partial charge in [0.05, 0.1) is 5.69 Å². The van der Waals surface area contributed by atoms with Gasteiger partial charge in [-0.15, -0.1) is 0 Å². The van der Waals surface area contributed by atoms with Gasteiger partial charge in [0.2, 0.25) is 0 Å². The lowest BCUT2D eigenvalue weighted by Crippen LogP contribution is -2.22. The molecule has 0 spiro atoms. The van der Waals surface area contributed by atoms with Crippen molar-refractivity contribution in [1.29, 1.82) is 0 Å². The molecule has 0 aliphatic heterocycles. The van der Waals surface area contributed by atoms with Gasteiger partial charge < -0.3 is 5.73 Å². The van der Waals surface area contributed by atoms with E-state index in [2.05, 4.69) is 5.10 Å². The number of rotatable bonds is 5. The highest BCUT2D eigenvalue weighted by atomic mass is 19.3. The van der Waals surface area contributed by atoms with Crippen LogP contribution in [-0.2, 0) is 13.0 Å². The van der Waals surface area contributed by atoms with Crippen molar-refractivity contribution in [2.24, 2.45) is 5.73 Å². The Hall–Kier alpha value is -0.970. The van der Waals surface area contributed by atoms with Crippen molar-refractivity contribution in [2.75, 3.05) is 0 Å². The quantitative estimate of drug-likeness (QED) is 0.842. The SMILES string of the molecule is CCC(N)Cc1c(C)nn(CC(F)F)c1C. The normalized spacial score (nSPS) is 13.4. The van der Waals surface area contributed by atoms with Crippen molar-refractivity contribution in [3.8, 4) is 0 Å². The second-order valence-corrected chi connectivity index (χ2v) is 4.10. The van der Waals surface area contributed by atoms with E-state index < -0.39 is 6.43 Å². The third-order valence-corrected chi connectivity index (χ3v) is 2.83. The Kier molecular flexibility index (Phi) is 4.41.